The van der Waals surface area contributed by atoms with E-state index in [1.807, 2.05) is 0 Å². The molecule has 98 valence electrons. The molecule has 0 bridgehead atoms. The first-order valence-corrected chi connectivity index (χ1v) is 5.82. The molecule has 0 aliphatic rings. The molecule has 5 heteroatoms. The van der Waals surface area contributed by atoms with Crippen LogP contribution in [-0.4, -0.2) is 26.2 Å². The highest BCUT2D eigenvalue weighted by Crippen LogP contribution is 2.15. The highest BCUT2D eigenvalue weighted by molar-refractivity contribution is 5.89. The van der Waals surface area contributed by atoms with E-state index in [1.54, 1.807) is 38.1 Å². The summed E-state index contributed by atoms with van der Waals surface area (Å²) >= 11 is 0. The minimum absolute atomic E-state index is 0.162. The third-order valence-electron chi connectivity index (χ3n) is 2.83. The highest BCUT2D eigenvalue weighted by atomic mass is 16.4. The molecule has 5 nitrogen and oxygen atoms in total. The molecule has 1 heterocycles. The van der Waals surface area contributed by atoms with Gasteiger partial charge in [0, 0.05) is 6.42 Å². The monoisotopic (exact) mass is 258 g/mol. The summed E-state index contributed by atoms with van der Waals surface area (Å²) in [7, 11) is 0. The van der Waals surface area contributed by atoms with Gasteiger partial charge in [0.2, 0.25) is 0 Å². The fraction of sp³-hybridized carbons (Fsp3) is 0.214. The Balaban J connectivity index is 2.32. The van der Waals surface area contributed by atoms with Gasteiger partial charge in [-0.2, -0.15) is 0 Å². The standard InChI is InChI=1S/C14H14N2O3/c1-8-13(14(18)19)9(2)16-12(15-8)7-10-3-5-11(17)6-4-10/h3-6,17H,7H2,1-2H3,(H,18,19). The number of phenolic OH excluding ortho intramolecular Hbond substituents is 1. The second-order valence-corrected chi connectivity index (χ2v) is 4.33. The average molecular weight is 258 g/mol. The third-order valence-corrected chi connectivity index (χ3v) is 2.83. The molecule has 0 atom stereocenters. The summed E-state index contributed by atoms with van der Waals surface area (Å²) in [6, 6.07) is 6.77. The molecule has 0 spiro atoms. The fourth-order valence-electron chi connectivity index (χ4n) is 1.97. The lowest BCUT2D eigenvalue weighted by Gasteiger charge is -2.07. The van der Waals surface area contributed by atoms with Crippen molar-refractivity contribution in [3.63, 3.8) is 0 Å². The number of carboxylic acids is 1. The molecule has 0 saturated heterocycles. The largest absolute Gasteiger partial charge is 0.508 e. The topological polar surface area (TPSA) is 83.3 Å². The Labute approximate surface area is 110 Å². The lowest BCUT2D eigenvalue weighted by Crippen LogP contribution is -2.10. The maximum absolute atomic E-state index is 11.0. The van der Waals surface area contributed by atoms with Gasteiger partial charge in [0.1, 0.15) is 17.1 Å². The minimum atomic E-state index is -1.01. The molecule has 0 radical (unpaired) electrons. The molecule has 1 aromatic carbocycles. The molecule has 2 rings (SSSR count). The van der Waals surface area contributed by atoms with Crippen molar-refractivity contribution in [1.29, 1.82) is 0 Å². The number of hydrogen-bond acceptors (Lipinski definition) is 4. The molecule has 0 fully saturated rings. The molecule has 0 amide bonds. The van der Waals surface area contributed by atoms with Gasteiger partial charge < -0.3 is 10.2 Å². The zero-order valence-corrected chi connectivity index (χ0v) is 10.7. The predicted molar refractivity (Wildman–Crippen MR) is 69.4 cm³/mol. The number of nitrogens with zero attached hydrogens (tertiary/aromatic N) is 2. The summed E-state index contributed by atoms with van der Waals surface area (Å²) in [5.74, 6) is -0.227. The van der Waals surface area contributed by atoms with E-state index in [-0.39, 0.29) is 11.3 Å². The number of carbonyl (C=O) groups is 1. The van der Waals surface area contributed by atoms with E-state index in [0.717, 1.165) is 5.56 Å². The quantitative estimate of drug-likeness (QED) is 0.880. The minimum Gasteiger partial charge on any atom is -0.508 e. The number of aromatic hydroxyl groups is 1. The Morgan fingerprint density at radius 1 is 1.11 bits per heavy atom. The summed E-state index contributed by atoms with van der Waals surface area (Å²) in [5.41, 5.74) is 2.05. The Morgan fingerprint density at radius 3 is 2.11 bits per heavy atom. The summed E-state index contributed by atoms with van der Waals surface area (Å²) in [6.45, 7) is 3.33. The van der Waals surface area contributed by atoms with Crippen molar-refractivity contribution in [2.24, 2.45) is 0 Å². The molecule has 2 N–H and O–H groups in total. The number of aromatic carboxylic acids is 1. The lowest BCUT2D eigenvalue weighted by atomic mass is 10.1. The Bertz CT molecular complexity index is 598. The number of hydrogen-bond donors (Lipinski definition) is 2. The van der Waals surface area contributed by atoms with Crippen LogP contribution in [0.2, 0.25) is 0 Å². The van der Waals surface area contributed by atoms with Crippen molar-refractivity contribution >= 4 is 5.97 Å². The third kappa shape index (κ3) is 2.88. The van der Waals surface area contributed by atoms with Crippen LogP contribution in [0.1, 0.15) is 33.1 Å². The molecule has 19 heavy (non-hydrogen) atoms. The van der Waals surface area contributed by atoms with Gasteiger partial charge in [-0.3, -0.25) is 0 Å². The molecule has 1 aromatic heterocycles. The highest BCUT2D eigenvalue weighted by Gasteiger charge is 2.14. The van der Waals surface area contributed by atoms with Gasteiger partial charge in [-0.25, -0.2) is 14.8 Å². The molecular formula is C14H14N2O3. The first kappa shape index (κ1) is 13.0. The van der Waals surface area contributed by atoms with E-state index in [1.165, 1.54) is 0 Å². The van der Waals surface area contributed by atoms with E-state index in [4.69, 9.17) is 5.11 Å². The molecule has 0 saturated carbocycles. The van der Waals surface area contributed by atoms with E-state index in [0.29, 0.717) is 23.6 Å². The van der Waals surface area contributed by atoms with Crippen LogP contribution in [0, 0.1) is 13.8 Å². The molecule has 2 aromatic rings. The van der Waals surface area contributed by atoms with Gasteiger partial charge in [-0.15, -0.1) is 0 Å². The van der Waals surface area contributed by atoms with E-state index >= 15 is 0 Å². The second kappa shape index (κ2) is 5.06. The summed E-state index contributed by atoms with van der Waals surface area (Å²) in [6.07, 6.45) is 0.502. The van der Waals surface area contributed by atoms with E-state index in [9.17, 15) is 9.90 Å². The van der Waals surface area contributed by atoms with Crippen molar-refractivity contribution in [3.05, 3.63) is 52.6 Å². The van der Waals surface area contributed by atoms with Gasteiger partial charge >= 0.3 is 5.97 Å². The number of carboxylic acid groups (broad SMARTS) is 1. The van der Waals surface area contributed by atoms with Crippen molar-refractivity contribution < 1.29 is 15.0 Å². The second-order valence-electron chi connectivity index (χ2n) is 4.33. The van der Waals surface area contributed by atoms with Gasteiger partial charge in [0.05, 0.1) is 11.4 Å². The van der Waals surface area contributed by atoms with Gasteiger partial charge in [-0.05, 0) is 31.5 Å². The number of rotatable bonds is 3. The van der Waals surface area contributed by atoms with Crippen LogP contribution in [0.4, 0.5) is 0 Å². The van der Waals surface area contributed by atoms with Crippen LogP contribution >= 0.6 is 0 Å². The number of aromatic nitrogens is 2. The van der Waals surface area contributed by atoms with E-state index < -0.39 is 5.97 Å². The normalized spacial score (nSPS) is 10.4. The Morgan fingerprint density at radius 2 is 1.63 bits per heavy atom. The van der Waals surface area contributed by atoms with Crippen molar-refractivity contribution in [3.8, 4) is 5.75 Å². The molecule has 0 aliphatic heterocycles. The van der Waals surface area contributed by atoms with Gasteiger partial charge in [0.25, 0.3) is 0 Å². The lowest BCUT2D eigenvalue weighted by molar-refractivity contribution is 0.0694. The molecule has 0 aliphatic carbocycles. The van der Waals surface area contributed by atoms with Crippen molar-refractivity contribution in [2.45, 2.75) is 20.3 Å². The van der Waals surface area contributed by atoms with Crippen LogP contribution in [-0.2, 0) is 6.42 Å². The maximum atomic E-state index is 11.0. The van der Waals surface area contributed by atoms with Crippen molar-refractivity contribution in [1.82, 2.24) is 9.97 Å². The summed E-state index contributed by atoms with van der Waals surface area (Å²) < 4.78 is 0. The van der Waals surface area contributed by atoms with Crippen LogP contribution in [0.25, 0.3) is 0 Å². The van der Waals surface area contributed by atoms with Gasteiger partial charge in [0.15, 0.2) is 0 Å². The predicted octanol–water partition coefficient (Wildman–Crippen LogP) is 2.09. The summed E-state index contributed by atoms with van der Waals surface area (Å²) in [4.78, 5) is 19.5. The Hall–Kier alpha value is -2.43. The Kier molecular flexibility index (Phi) is 3.46. The van der Waals surface area contributed by atoms with E-state index in [2.05, 4.69) is 9.97 Å². The van der Waals surface area contributed by atoms with Crippen LogP contribution in [0.3, 0.4) is 0 Å². The maximum Gasteiger partial charge on any atom is 0.339 e. The SMILES string of the molecule is Cc1nc(Cc2ccc(O)cc2)nc(C)c1C(=O)O. The van der Waals surface area contributed by atoms with Crippen LogP contribution in [0.5, 0.6) is 5.75 Å². The number of phenols is 1. The number of benzene rings is 1. The molecular weight excluding hydrogens is 244 g/mol. The first-order chi connectivity index (χ1) is 8.97. The fourth-order valence-corrected chi connectivity index (χ4v) is 1.97. The number of aryl methyl sites for hydroxylation is 2. The van der Waals surface area contributed by atoms with Gasteiger partial charge in [-0.1, -0.05) is 12.1 Å². The van der Waals surface area contributed by atoms with Crippen LogP contribution < -0.4 is 0 Å². The molecule has 0 unspecified atom stereocenters. The zero-order valence-electron chi connectivity index (χ0n) is 10.7. The zero-order chi connectivity index (χ0) is 14.0. The first-order valence-electron chi connectivity index (χ1n) is 5.82. The van der Waals surface area contributed by atoms with Crippen LogP contribution in [0.15, 0.2) is 24.3 Å². The summed E-state index contributed by atoms with van der Waals surface area (Å²) in [5, 5.41) is 18.3. The average Bonchev–Trinajstić information content (AvgIpc) is 2.30. The smallest absolute Gasteiger partial charge is 0.339 e. The van der Waals surface area contributed by atoms with Crippen molar-refractivity contribution in [2.75, 3.05) is 0 Å².